The molecule has 1 aliphatic carbocycles. The Kier molecular flexibility index (Phi) is 3.94. The van der Waals surface area contributed by atoms with Crippen LogP contribution in [0.5, 0.6) is 0 Å². The van der Waals surface area contributed by atoms with E-state index in [1.54, 1.807) is 6.26 Å². The van der Waals surface area contributed by atoms with E-state index in [1.165, 1.54) is 12.8 Å². The minimum atomic E-state index is 0.621. The first-order valence-electron chi connectivity index (χ1n) is 6.86. The van der Waals surface area contributed by atoms with Gasteiger partial charge in [-0.2, -0.15) is 0 Å². The van der Waals surface area contributed by atoms with Crippen LogP contribution in [-0.2, 0) is 13.1 Å². The lowest BCUT2D eigenvalue weighted by atomic mass is 10.3. The number of nitrogens with zero attached hydrogens (tertiary/aromatic N) is 2. The predicted molar refractivity (Wildman–Crippen MR) is 79.8 cm³/mol. The van der Waals surface area contributed by atoms with Gasteiger partial charge in [-0.25, -0.2) is 4.98 Å². The lowest BCUT2D eigenvalue weighted by Gasteiger charge is -2.21. The molecule has 1 aliphatic rings. The average molecular weight is 292 g/mol. The summed E-state index contributed by atoms with van der Waals surface area (Å²) in [5.74, 6) is 1.83. The van der Waals surface area contributed by atoms with Crippen molar-refractivity contribution in [1.29, 1.82) is 0 Å². The van der Waals surface area contributed by atoms with Crippen LogP contribution in [0.15, 0.2) is 34.9 Å². The molecule has 0 aromatic carbocycles. The molecule has 5 heteroatoms. The standard InChI is InChI=1S/C15H18ClN3O/c1-17-15-7-6-13(16)14(18-15)10-19(11-4-5-11)9-12-3-2-8-20-12/h2-3,6-8,11H,4-5,9-10H2,1H3,(H,17,18). The summed E-state index contributed by atoms with van der Waals surface area (Å²) in [4.78, 5) is 6.94. The van der Waals surface area contributed by atoms with Gasteiger partial charge in [-0.05, 0) is 37.1 Å². The van der Waals surface area contributed by atoms with Crippen LogP contribution in [0.3, 0.4) is 0 Å². The molecule has 4 nitrogen and oxygen atoms in total. The molecule has 2 aromatic rings. The molecule has 1 saturated carbocycles. The van der Waals surface area contributed by atoms with E-state index in [4.69, 9.17) is 16.0 Å². The largest absolute Gasteiger partial charge is 0.468 e. The van der Waals surface area contributed by atoms with Crippen LogP contribution in [0.2, 0.25) is 5.02 Å². The van der Waals surface area contributed by atoms with Crippen molar-refractivity contribution in [1.82, 2.24) is 9.88 Å². The lowest BCUT2D eigenvalue weighted by Crippen LogP contribution is -2.25. The maximum atomic E-state index is 6.26. The van der Waals surface area contributed by atoms with Gasteiger partial charge in [-0.1, -0.05) is 11.6 Å². The zero-order valence-electron chi connectivity index (χ0n) is 11.5. The summed E-state index contributed by atoms with van der Waals surface area (Å²) >= 11 is 6.26. The molecule has 2 aromatic heterocycles. The number of hydrogen-bond acceptors (Lipinski definition) is 4. The smallest absolute Gasteiger partial charge is 0.126 e. The third-order valence-corrected chi connectivity index (χ3v) is 3.87. The van der Waals surface area contributed by atoms with Gasteiger partial charge in [0.05, 0.1) is 23.5 Å². The van der Waals surface area contributed by atoms with Crippen molar-refractivity contribution in [3.63, 3.8) is 0 Å². The summed E-state index contributed by atoms with van der Waals surface area (Å²) in [5, 5.41) is 3.77. The quantitative estimate of drug-likeness (QED) is 0.884. The summed E-state index contributed by atoms with van der Waals surface area (Å²) < 4.78 is 5.45. The fourth-order valence-corrected chi connectivity index (χ4v) is 2.45. The molecule has 106 valence electrons. The van der Waals surface area contributed by atoms with E-state index in [-0.39, 0.29) is 0 Å². The molecule has 3 rings (SSSR count). The van der Waals surface area contributed by atoms with Crippen molar-refractivity contribution < 1.29 is 4.42 Å². The van der Waals surface area contributed by atoms with Crippen molar-refractivity contribution in [3.8, 4) is 0 Å². The highest BCUT2D eigenvalue weighted by molar-refractivity contribution is 6.31. The summed E-state index contributed by atoms with van der Waals surface area (Å²) in [5.41, 5.74) is 0.914. The Morgan fingerprint density at radius 3 is 2.85 bits per heavy atom. The molecule has 0 spiro atoms. The number of rotatable bonds is 6. The van der Waals surface area contributed by atoms with Crippen LogP contribution in [0, 0.1) is 0 Å². The van der Waals surface area contributed by atoms with E-state index in [2.05, 4.69) is 15.2 Å². The van der Waals surface area contributed by atoms with E-state index in [0.29, 0.717) is 11.1 Å². The maximum absolute atomic E-state index is 6.26. The van der Waals surface area contributed by atoms with E-state index in [0.717, 1.165) is 30.4 Å². The molecule has 0 radical (unpaired) electrons. The number of nitrogens with one attached hydrogen (secondary N) is 1. The number of halogens is 1. The Bertz CT molecular complexity index is 567. The molecule has 0 amide bonds. The van der Waals surface area contributed by atoms with Crippen molar-refractivity contribution in [2.24, 2.45) is 0 Å². The highest BCUT2D eigenvalue weighted by Crippen LogP contribution is 2.31. The maximum Gasteiger partial charge on any atom is 0.126 e. The van der Waals surface area contributed by atoms with Crippen molar-refractivity contribution in [2.45, 2.75) is 32.0 Å². The van der Waals surface area contributed by atoms with Gasteiger partial charge in [0.1, 0.15) is 11.6 Å². The van der Waals surface area contributed by atoms with Gasteiger partial charge in [-0.3, -0.25) is 4.90 Å². The first kappa shape index (κ1) is 13.5. The molecular weight excluding hydrogens is 274 g/mol. The molecule has 1 N–H and O–H groups in total. The topological polar surface area (TPSA) is 41.3 Å². The second-order valence-corrected chi connectivity index (χ2v) is 5.50. The molecule has 0 aliphatic heterocycles. The highest BCUT2D eigenvalue weighted by Gasteiger charge is 2.30. The molecule has 0 unspecified atom stereocenters. The van der Waals surface area contributed by atoms with Crippen molar-refractivity contribution in [3.05, 3.63) is 47.0 Å². The molecule has 0 atom stereocenters. The monoisotopic (exact) mass is 291 g/mol. The van der Waals surface area contributed by atoms with Crippen LogP contribution in [0.25, 0.3) is 0 Å². The van der Waals surface area contributed by atoms with Gasteiger partial charge in [0.15, 0.2) is 0 Å². The van der Waals surface area contributed by atoms with Gasteiger partial charge in [-0.15, -0.1) is 0 Å². The fraction of sp³-hybridized carbons (Fsp3) is 0.400. The van der Waals surface area contributed by atoms with Crippen LogP contribution in [0.4, 0.5) is 5.82 Å². The summed E-state index contributed by atoms with van der Waals surface area (Å²) in [6.45, 7) is 1.55. The number of anilines is 1. The molecule has 1 fully saturated rings. The van der Waals surface area contributed by atoms with Crippen molar-refractivity contribution in [2.75, 3.05) is 12.4 Å². The predicted octanol–water partition coefficient (Wildman–Crippen LogP) is 3.53. The van der Waals surface area contributed by atoms with Crippen molar-refractivity contribution >= 4 is 17.4 Å². The second-order valence-electron chi connectivity index (χ2n) is 5.09. The van der Waals surface area contributed by atoms with Gasteiger partial charge >= 0.3 is 0 Å². The lowest BCUT2D eigenvalue weighted by molar-refractivity contribution is 0.223. The molecule has 0 saturated heterocycles. The Morgan fingerprint density at radius 1 is 1.35 bits per heavy atom. The van der Waals surface area contributed by atoms with E-state index < -0.39 is 0 Å². The van der Waals surface area contributed by atoms with Gasteiger partial charge in [0, 0.05) is 19.6 Å². The van der Waals surface area contributed by atoms with Gasteiger partial charge in [0.2, 0.25) is 0 Å². The second kappa shape index (κ2) is 5.85. The Labute approximate surface area is 123 Å². The number of aromatic nitrogens is 1. The van der Waals surface area contributed by atoms with E-state index in [1.807, 2.05) is 31.3 Å². The first-order valence-corrected chi connectivity index (χ1v) is 7.23. The summed E-state index contributed by atoms with van der Waals surface area (Å²) in [6.07, 6.45) is 4.20. The number of pyridine rings is 1. The Hall–Kier alpha value is -1.52. The summed E-state index contributed by atoms with van der Waals surface area (Å²) in [7, 11) is 1.86. The minimum Gasteiger partial charge on any atom is -0.468 e. The van der Waals surface area contributed by atoms with E-state index in [9.17, 15) is 0 Å². The minimum absolute atomic E-state index is 0.621. The van der Waals surface area contributed by atoms with Gasteiger partial charge < -0.3 is 9.73 Å². The SMILES string of the molecule is CNc1ccc(Cl)c(CN(Cc2ccco2)C2CC2)n1. The highest BCUT2D eigenvalue weighted by atomic mass is 35.5. The molecule has 0 bridgehead atoms. The van der Waals surface area contributed by atoms with Crippen LogP contribution in [-0.4, -0.2) is 23.0 Å². The molecular formula is C15H18ClN3O. The van der Waals surface area contributed by atoms with Crippen LogP contribution < -0.4 is 5.32 Å². The zero-order chi connectivity index (χ0) is 13.9. The van der Waals surface area contributed by atoms with Gasteiger partial charge in [0.25, 0.3) is 0 Å². The Balaban J connectivity index is 1.76. The summed E-state index contributed by atoms with van der Waals surface area (Å²) in [6, 6.07) is 8.34. The molecule has 2 heterocycles. The normalized spacial score (nSPS) is 14.8. The zero-order valence-corrected chi connectivity index (χ0v) is 12.2. The Morgan fingerprint density at radius 2 is 2.20 bits per heavy atom. The third kappa shape index (κ3) is 3.14. The van der Waals surface area contributed by atoms with Crippen LogP contribution >= 0.6 is 11.6 Å². The number of hydrogen-bond donors (Lipinski definition) is 1. The third-order valence-electron chi connectivity index (χ3n) is 3.53. The molecule has 20 heavy (non-hydrogen) atoms. The van der Waals surface area contributed by atoms with Crippen LogP contribution in [0.1, 0.15) is 24.3 Å². The number of furan rings is 1. The average Bonchev–Trinajstić information content (AvgIpc) is 3.18. The van der Waals surface area contributed by atoms with E-state index >= 15 is 0 Å². The first-order chi connectivity index (χ1) is 9.76. The fourth-order valence-electron chi connectivity index (χ4n) is 2.28.